The molecule has 0 aliphatic carbocycles. The van der Waals surface area contributed by atoms with Gasteiger partial charge in [-0.15, -0.1) is 0 Å². The van der Waals surface area contributed by atoms with Crippen molar-refractivity contribution in [2.45, 2.75) is 13.8 Å². The molecule has 0 aromatic heterocycles. The van der Waals surface area contributed by atoms with Crippen LogP contribution in [0.2, 0.25) is 5.02 Å². The summed E-state index contributed by atoms with van der Waals surface area (Å²) >= 11 is 5.97. The van der Waals surface area contributed by atoms with Gasteiger partial charge in [0.15, 0.2) is 0 Å². The fourth-order valence-electron chi connectivity index (χ4n) is 1.81. The van der Waals surface area contributed by atoms with Crippen LogP contribution in [-0.2, 0) is 0 Å². The number of ether oxygens (including phenoxy) is 1. The molecule has 0 fully saturated rings. The molecule has 90 valence electrons. The lowest BCUT2D eigenvalue weighted by Gasteiger charge is -2.12. The molecule has 0 amide bonds. The van der Waals surface area contributed by atoms with Crippen LogP contribution in [0.25, 0.3) is 0 Å². The third kappa shape index (κ3) is 2.64. The van der Waals surface area contributed by atoms with Crippen LogP contribution in [0, 0.1) is 25.2 Å². The number of benzene rings is 2. The Morgan fingerprint density at radius 2 is 1.78 bits per heavy atom. The number of hydrogen-bond donors (Lipinski definition) is 0. The first-order chi connectivity index (χ1) is 8.60. The third-order valence-electron chi connectivity index (χ3n) is 2.61. The zero-order valence-corrected chi connectivity index (χ0v) is 11.0. The molecule has 3 heteroatoms. The van der Waals surface area contributed by atoms with E-state index in [1.165, 1.54) is 0 Å². The number of nitrogens with zero attached hydrogens (tertiary/aromatic N) is 1. The van der Waals surface area contributed by atoms with E-state index in [0.29, 0.717) is 16.3 Å². The van der Waals surface area contributed by atoms with Crippen LogP contribution in [0.15, 0.2) is 36.4 Å². The Morgan fingerprint density at radius 3 is 2.39 bits per heavy atom. The van der Waals surface area contributed by atoms with E-state index in [4.69, 9.17) is 21.6 Å². The molecule has 2 nitrogen and oxygen atoms in total. The van der Waals surface area contributed by atoms with Gasteiger partial charge in [-0.3, -0.25) is 0 Å². The maximum absolute atomic E-state index is 8.85. The monoisotopic (exact) mass is 257 g/mol. The molecule has 0 aliphatic heterocycles. The summed E-state index contributed by atoms with van der Waals surface area (Å²) in [7, 11) is 0. The lowest BCUT2D eigenvalue weighted by molar-refractivity contribution is 0.475. The van der Waals surface area contributed by atoms with E-state index in [9.17, 15) is 0 Å². The van der Waals surface area contributed by atoms with Crippen LogP contribution in [0.1, 0.15) is 16.7 Å². The summed E-state index contributed by atoms with van der Waals surface area (Å²) in [5, 5.41) is 9.55. The molecule has 0 saturated carbocycles. The summed E-state index contributed by atoms with van der Waals surface area (Å²) in [6.45, 7) is 3.89. The molecule has 2 aromatic carbocycles. The summed E-state index contributed by atoms with van der Waals surface area (Å²) < 4.78 is 5.83. The normalized spacial score (nSPS) is 9.89. The molecule has 18 heavy (non-hydrogen) atoms. The molecular weight excluding hydrogens is 246 g/mol. The Kier molecular flexibility index (Phi) is 3.55. The average Bonchev–Trinajstić information content (AvgIpc) is 2.34. The zero-order chi connectivity index (χ0) is 13.1. The highest BCUT2D eigenvalue weighted by atomic mass is 35.5. The van der Waals surface area contributed by atoms with Crippen molar-refractivity contribution in [3.8, 4) is 17.6 Å². The number of halogens is 1. The van der Waals surface area contributed by atoms with Crippen LogP contribution in [0.5, 0.6) is 11.5 Å². The maximum Gasteiger partial charge on any atom is 0.133 e. The number of aryl methyl sites for hydroxylation is 2. The maximum atomic E-state index is 8.85. The smallest absolute Gasteiger partial charge is 0.133 e. The Balaban J connectivity index is 2.37. The van der Waals surface area contributed by atoms with Gasteiger partial charge in [0.05, 0.1) is 11.6 Å². The van der Waals surface area contributed by atoms with Crippen LogP contribution in [0.4, 0.5) is 0 Å². The van der Waals surface area contributed by atoms with E-state index in [1.807, 2.05) is 32.0 Å². The molecule has 0 N–H and O–H groups in total. The molecule has 0 spiro atoms. The first kappa shape index (κ1) is 12.5. The van der Waals surface area contributed by atoms with Crippen LogP contribution in [-0.4, -0.2) is 0 Å². The quantitative estimate of drug-likeness (QED) is 0.786. The molecule has 2 aromatic rings. The molecule has 0 saturated heterocycles. The Labute approximate surface area is 111 Å². The van der Waals surface area contributed by atoms with Gasteiger partial charge in [0.25, 0.3) is 0 Å². The van der Waals surface area contributed by atoms with Gasteiger partial charge in [0.2, 0.25) is 0 Å². The number of rotatable bonds is 2. The fourth-order valence-corrected chi connectivity index (χ4v) is 2.13. The van der Waals surface area contributed by atoms with Crippen LogP contribution < -0.4 is 4.74 Å². The summed E-state index contributed by atoms with van der Waals surface area (Å²) in [6.07, 6.45) is 0. The predicted octanol–water partition coefficient (Wildman–Crippen LogP) is 4.62. The Bertz CT molecular complexity index is 606. The van der Waals surface area contributed by atoms with Crippen molar-refractivity contribution in [3.63, 3.8) is 0 Å². The Morgan fingerprint density at radius 1 is 1.11 bits per heavy atom. The summed E-state index contributed by atoms with van der Waals surface area (Å²) in [5.74, 6) is 1.44. The van der Waals surface area contributed by atoms with E-state index in [1.54, 1.807) is 18.2 Å². The van der Waals surface area contributed by atoms with Crippen molar-refractivity contribution in [1.29, 1.82) is 5.26 Å². The standard InChI is InChI=1S/C15H12ClNO/c1-10-6-13(16)7-11(2)15(10)18-14-5-3-4-12(8-14)9-17/h3-8H,1-2H3. The number of nitriles is 1. The first-order valence-corrected chi connectivity index (χ1v) is 5.92. The zero-order valence-electron chi connectivity index (χ0n) is 10.2. The highest BCUT2D eigenvalue weighted by Gasteiger charge is 2.07. The van der Waals surface area contributed by atoms with E-state index < -0.39 is 0 Å². The summed E-state index contributed by atoms with van der Waals surface area (Å²) in [4.78, 5) is 0. The molecule has 0 bridgehead atoms. The van der Waals surface area contributed by atoms with E-state index >= 15 is 0 Å². The van der Waals surface area contributed by atoms with Gasteiger partial charge in [0, 0.05) is 5.02 Å². The second-order valence-electron chi connectivity index (χ2n) is 4.11. The SMILES string of the molecule is Cc1cc(Cl)cc(C)c1Oc1cccc(C#N)c1. The van der Waals surface area contributed by atoms with Gasteiger partial charge in [-0.2, -0.15) is 5.26 Å². The van der Waals surface area contributed by atoms with Crippen molar-refractivity contribution >= 4 is 11.6 Å². The second-order valence-corrected chi connectivity index (χ2v) is 4.55. The van der Waals surface area contributed by atoms with Gasteiger partial charge in [-0.1, -0.05) is 17.7 Å². The van der Waals surface area contributed by atoms with Crippen LogP contribution in [0.3, 0.4) is 0 Å². The first-order valence-electron chi connectivity index (χ1n) is 5.55. The highest BCUT2D eigenvalue weighted by molar-refractivity contribution is 6.30. The lowest BCUT2D eigenvalue weighted by Crippen LogP contribution is -1.91. The van der Waals surface area contributed by atoms with Gasteiger partial charge in [-0.25, -0.2) is 0 Å². The van der Waals surface area contributed by atoms with Gasteiger partial charge < -0.3 is 4.74 Å². The predicted molar refractivity (Wildman–Crippen MR) is 72.2 cm³/mol. The molecule has 0 aliphatic rings. The molecule has 0 heterocycles. The van der Waals surface area contributed by atoms with Crippen molar-refractivity contribution in [2.75, 3.05) is 0 Å². The minimum Gasteiger partial charge on any atom is -0.457 e. The largest absolute Gasteiger partial charge is 0.457 e. The fraction of sp³-hybridized carbons (Fsp3) is 0.133. The van der Waals surface area contributed by atoms with Gasteiger partial charge in [0.1, 0.15) is 11.5 Å². The van der Waals surface area contributed by atoms with E-state index in [0.717, 1.165) is 16.9 Å². The highest BCUT2D eigenvalue weighted by Crippen LogP contribution is 2.31. The molecule has 0 radical (unpaired) electrons. The van der Waals surface area contributed by atoms with E-state index in [-0.39, 0.29) is 0 Å². The van der Waals surface area contributed by atoms with Gasteiger partial charge >= 0.3 is 0 Å². The molecular formula is C15H12ClNO. The minimum atomic E-state index is 0.580. The molecule has 2 rings (SSSR count). The number of hydrogen-bond acceptors (Lipinski definition) is 2. The molecule has 0 unspecified atom stereocenters. The summed E-state index contributed by atoms with van der Waals surface area (Å²) in [6, 6.07) is 12.9. The van der Waals surface area contributed by atoms with Crippen molar-refractivity contribution in [2.24, 2.45) is 0 Å². The van der Waals surface area contributed by atoms with Crippen molar-refractivity contribution in [3.05, 3.63) is 58.1 Å². The third-order valence-corrected chi connectivity index (χ3v) is 2.83. The van der Waals surface area contributed by atoms with Crippen molar-refractivity contribution < 1.29 is 4.74 Å². The van der Waals surface area contributed by atoms with Gasteiger partial charge in [-0.05, 0) is 55.3 Å². The van der Waals surface area contributed by atoms with Crippen LogP contribution >= 0.6 is 11.6 Å². The van der Waals surface area contributed by atoms with Crippen molar-refractivity contribution in [1.82, 2.24) is 0 Å². The van der Waals surface area contributed by atoms with E-state index in [2.05, 4.69) is 6.07 Å². The average molecular weight is 258 g/mol. The molecule has 0 atom stereocenters. The summed E-state index contributed by atoms with van der Waals surface area (Å²) in [5.41, 5.74) is 2.53. The minimum absolute atomic E-state index is 0.580. The second kappa shape index (κ2) is 5.12. The lowest BCUT2D eigenvalue weighted by atomic mass is 10.1. The Hall–Kier alpha value is -1.98. The topological polar surface area (TPSA) is 33.0 Å².